The van der Waals surface area contributed by atoms with Crippen LogP contribution in [0.25, 0.3) is 0 Å². The molecule has 18 heavy (non-hydrogen) atoms. The first kappa shape index (κ1) is 15.0. The van der Waals surface area contributed by atoms with E-state index in [0.29, 0.717) is 11.1 Å². The van der Waals surface area contributed by atoms with Crippen LogP contribution in [0.5, 0.6) is 0 Å². The van der Waals surface area contributed by atoms with Crippen molar-refractivity contribution >= 4 is 11.8 Å². The topological polar surface area (TPSA) is 66.6 Å². The Bertz CT molecular complexity index is 472. The summed E-state index contributed by atoms with van der Waals surface area (Å²) < 4.78 is 5.47. The number of rotatable bonds is 5. The second-order valence-corrected chi connectivity index (χ2v) is 4.77. The molecule has 0 aliphatic rings. The third-order valence-electron chi connectivity index (χ3n) is 2.32. The zero-order valence-corrected chi connectivity index (χ0v) is 11.8. The summed E-state index contributed by atoms with van der Waals surface area (Å²) in [5.41, 5.74) is 6.29. The molecule has 0 saturated heterocycles. The fourth-order valence-corrected chi connectivity index (χ4v) is 2.11. The van der Waals surface area contributed by atoms with Crippen molar-refractivity contribution in [1.29, 1.82) is 0 Å². The third-order valence-corrected chi connectivity index (χ3v) is 3.21. The van der Waals surface area contributed by atoms with Gasteiger partial charge in [0.15, 0.2) is 0 Å². The molecular weight excluding hydrogens is 270 g/mol. The molecule has 0 bridgehead atoms. The summed E-state index contributed by atoms with van der Waals surface area (Å²) >= 11 is 1.57. The number of thioether (sulfide) groups is 1. The van der Waals surface area contributed by atoms with Crippen LogP contribution < -0.4 is 18.1 Å². The van der Waals surface area contributed by atoms with Crippen LogP contribution in [0, 0.1) is 6.92 Å². The Hall–Kier alpha value is -1.04. The molecule has 1 heterocycles. The van der Waals surface area contributed by atoms with E-state index >= 15 is 0 Å². The molecule has 2 aromatic rings. The fraction of sp³-hybridized carbons (Fsp3) is 0.333. The van der Waals surface area contributed by atoms with Crippen molar-refractivity contribution < 1.29 is 22.6 Å². The van der Waals surface area contributed by atoms with E-state index in [2.05, 4.69) is 47.1 Å². The molecule has 0 aliphatic heterocycles. The van der Waals surface area contributed by atoms with Gasteiger partial charge in [-0.05, 0) is 12.5 Å². The molecule has 1 aromatic heterocycles. The van der Waals surface area contributed by atoms with Crippen LogP contribution in [0.1, 0.15) is 17.0 Å². The first-order valence-electron chi connectivity index (χ1n) is 5.58. The molecule has 0 unspecified atom stereocenters. The van der Waals surface area contributed by atoms with E-state index in [0.717, 1.165) is 18.7 Å². The van der Waals surface area contributed by atoms with Gasteiger partial charge in [-0.25, -0.2) is 0 Å². The number of hydrogen-bond acceptors (Lipinski definition) is 4. The smallest absolute Gasteiger partial charge is 0.276 e. The van der Waals surface area contributed by atoms with Gasteiger partial charge in [-0.1, -0.05) is 41.6 Å². The summed E-state index contributed by atoms with van der Waals surface area (Å²) in [4.78, 5) is 0. The van der Waals surface area contributed by atoms with Crippen molar-refractivity contribution in [2.24, 2.45) is 0 Å². The minimum absolute atomic E-state index is 0. The summed E-state index contributed by atoms with van der Waals surface area (Å²) in [7, 11) is 0. The van der Waals surface area contributed by atoms with E-state index in [4.69, 9.17) is 4.42 Å². The molecule has 0 radical (unpaired) electrons. The Morgan fingerprint density at radius 2 is 1.94 bits per heavy atom. The molecule has 0 amide bonds. The van der Waals surface area contributed by atoms with Crippen LogP contribution in [0.3, 0.4) is 0 Å². The predicted molar refractivity (Wildman–Crippen MR) is 66.5 cm³/mol. The highest BCUT2D eigenvalue weighted by Gasteiger charge is 2.06. The highest BCUT2D eigenvalue weighted by atomic mass is 35.5. The average Bonchev–Trinajstić information content (AvgIpc) is 2.77. The molecule has 4 nitrogen and oxygen atoms in total. The first-order chi connectivity index (χ1) is 8.28. The van der Waals surface area contributed by atoms with Crippen LogP contribution in [0.15, 0.2) is 33.9 Å². The van der Waals surface area contributed by atoms with Crippen molar-refractivity contribution in [2.75, 3.05) is 6.54 Å². The van der Waals surface area contributed by atoms with Crippen molar-refractivity contribution in [2.45, 2.75) is 24.3 Å². The van der Waals surface area contributed by atoms with Crippen molar-refractivity contribution in [3.8, 4) is 0 Å². The number of hydrogen-bond donors (Lipinski definition) is 1. The standard InChI is InChI=1S/C12H15N3OS.ClH/c1-9-2-4-10(5-3-9)8-17-12-15-14-11(16-12)6-7-13;/h2-5H,6-8,13H2,1H3;1H. The van der Waals surface area contributed by atoms with Gasteiger partial charge >= 0.3 is 0 Å². The van der Waals surface area contributed by atoms with Gasteiger partial charge in [-0.2, -0.15) is 0 Å². The van der Waals surface area contributed by atoms with Gasteiger partial charge in [0.2, 0.25) is 5.89 Å². The summed E-state index contributed by atoms with van der Waals surface area (Å²) in [6, 6.07) is 8.46. The quantitative estimate of drug-likeness (QED) is 0.676. The Balaban J connectivity index is 0.00000162. The summed E-state index contributed by atoms with van der Waals surface area (Å²) in [6.45, 7) is 2.87. The van der Waals surface area contributed by atoms with Crippen molar-refractivity contribution in [1.82, 2.24) is 10.2 Å². The van der Waals surface area contributed by atoms with Crippen LogP contribution in [0.2, 0.25) is 0 Å². The molecule has 0 atom stereocenters. The number of quaternary nitrogens is 1. The SMILES string of the molecule is Cc1ccc(CSc2nnc(CC[NH3+])o2)cc1.[Cl-]. The largest absolute Gasteiger partial charge is 1.00 e. The van der Waals surface area contributed by atoms with Crippen molar-refractivity contribution in [3.63, 3.8) is 0 Å². The summed E-state index contributed by atoms with van der Waals surface area (Å²) in [6.07, 6.45) is 0.748. The molecule has 0 saturated carbocycles. The number of nitrogens with zero attached hydrogens (tertiary/aromatic N) is 2. The molecule has 98 valence electrons. The van der Waals surface area contributed by atoms with E-state index in [1.165, 1.54) is 11.1 Å². The first-order valence-corrected chi connectivity index (χ1v) is 6.56. The van der Waals surface area contributed by atoms with E-state index in [1.807, 2.05) is 0 Å². The maximum atomic E-state index is 5.47. The fourth-order valence-electron chi connectivity index (χ4n) is 1.38. The second-order valence-electron chi connectivity index (χ2n) is 3.84. The minimum atomic E-state index is 0. The van der Waals surface area contributed by atoms with Gasteiger partial charge in [-0.3, -0.25) is 0 Å². The maximum Gasteiger partial charge on any atom is 0.276 e. The molecule has 1 aromatic carbocycles. The number of benzene rings is 1. The Labute approximate surface area is 117 Å². The van der Waals surface area contributed by atoms with Gasteiger partial charge in [0.1, 0.15) is 0 Å². The molecule has 0 aliphatic carbocycles. The zero-order chi connectivity index (χ0) is 12.1. The number of halogens is 1. The van der Waals surface area contributed by atoms with Gasteiger partial charge < -0.3 is 22.6 Å². The van der Waals surface area contributed by atoms with Gasteiger partial charge in [0.05, 0.1) is 13.0 Å². The molecular formula is C12H16ClN3OS. The number of aryl methyl sites for hydroxylation is 1. The van der Waals surface area contributed by atoms with E-state index in [9.17, 15) is 0 Å². The summed E-state index contributed by atoms with van der Waals surface area (Å²) in [5.74, 6) is 1.53. The monoisotopic (exact) mass is 285 g/mol. The zero-order valence-electron chi connectivity index (χ0n) is 10.2. The lowest BCUT2D eigenvalue weighted by molar-refractivity contribution is -0.367. The Kier molecular flexibility index (Phi) is 6.18. The van der Waals surface area contributed by atoms with Crippen LogP contribution >= 0.6 is 11.8 Å². The number of aromatic nitrogens is 2. The lowest BCUT2D eigenvalue weighted by atomic mass is 10.2. The second kappa shape index (κ2) is 7.41. The van der Waals surface area contributed by atoms with Crippen LogP contribution in [-0.4, -0.2) is 16.7 Å². The maximum absolute atomic E-state index is 5.47. The minimum Gasteiger partial charge on any atom is -1.00 e. The lowest BCUT2D eigenvalue weighted by Crippen LogP contribution is -3.00. The van der Waals surface area contributed by atoms with Gasteiger partial charge in [0, 0.05) is 5.75 Å². The van der Waals surface area contributed by atoms with E-state index in [1.54, 1.807) is 11.8 Å². The molecule has 0 fully saturated rings. The molecule has 2 rings (SSSR count). The molecule has 0 spiro atoms. The molecule has 3 N–H and O–H groups in total. The Morgan fingerprint density at radius 3 is 2.61 bits per heavy atom. The van der Waals surface area contributed by atoms with Crippen molar-refractivity contribution in [3.05, 3.63) is 41.3 Å². The van der Waals surface area contributed by atoms with E-state index < -0.39 is 0 Å². The molecule has 6 heteroatoms. The summed E-state index contributed by atoms with van der Waals surface area (Å²) in [5, 5.41) is 8.57. The van der Waals surface area contributed by atoms with Crippen LogP contribution in [-0.2, 0) is 12.2 Å². The average molecular weight is 286 g/mol. The highest BCUT2D eigenvalue weighted by Crippen LogP contribution is 2.21. The predicted octanol–water partition coefficient (Wildman–Crippen LogP) is -1.54. The normalized spacial score (nSPS) is 10.1. The Morgan fingerprint density at radius 1 is 1.22 bits per heavy atom. The third kappa shape index (κ3) is 4.33. The van der Waals surface area contributed by atoms with E-state index in [-0.39, 0.29) is 12.4 Å². The van der Waals surface area contributed by atoms with Crippen LogP contribution in [0.4, 0.5) is 0 Å². The highest BCUT2D eigenvalue weighted by molar-refractivity contribution is 7.98. The lowest BCUT2D eigenvalue weighted by Gasteiger charge is -1.98. The van der Waals surface area contributed by atoms with Gasteiger partial charge in [0.25, 0.3) is 5.22 Å². The van der Waals surface area contributed by atoms with Gasteiger partial charge in [-0.15, -0.1) is 10.2 Å².